The van der Waals surface area contributed by atoms with Gasteiger partial charge in [-0.05, 0) is 6.07 Å². The van der Waals surface area contributed by atoms with Gasteiger partial charge >= 0.3 is 0 Å². The molecule has 0 saturated heterocycles. The van der Waals surface area contributed by atoms with E-state index in [0.29, 0.717) is 11.8 Å². The minimum atomic E-state index is -0.930. The van der Waals surface area contributed by atoms with E-state index in [-0.39, 0.29) is 17.8 Å². The fourth-order valence-corrected chi connectivity index (χ4v) is 2.29. The van der Waals surface area contributed by atoms with Crippen LogP contribution in [0.1, 0.15) is 16.1 Å². The molecule has 0 atom stereocenters. The third-order valence-electron chi connectivity index (χ3n) is 2.77. The van der Waals surface area contributed by atoms with Gasteiger partial charge in [-0.25, -0.2) is 9.37 Å². The molecule has 1 amide bonds. The minimum absolute atomic E-state index is 0.191. The first kappa shape index (κ1) is 14.9. The molecule has 110 valence electrons. The average molecular weight is 310 g/mol. The maximum absolute atomic E-state index is 13.3. The molecule has 21 heavy (non-hydrogen) atoms. The number of benzene rings is 1. The van der Waals surface area contributed by atoms with Gasteiger partial charge in [0.1, 0.15) is 5.56 Å². The molecule has 0 unspecified atom stereocenters. The van der Waals surface area contributed by atoms with Gasteiger partial charge in [0.05, 0.1) is 34.4 Å². The van der Waals surface area contributed by atoms with Crippen molar-refractivity contribution in [1.29, 1.82) is 0 Å². The van der Waals surface area contributed by atoms with E-state index in [4.69, 9.17) is 5.73 Å². The lowest BCUT2D eigenvalue weighted by Gasteiger charge is -2.16. The fraction of sp³-hybridized carbons (Fsp3) is 0.167. The Hall–Kier alpha value is -2.55. The Morgan fingerprint density at radius 3 is 2.86 bits per heavy atom. The number of nitrogen functional groups attached to an aromatic ring is 1. The number of thiazole rings is 1. The second-order valence-corrected chi connectivity index (χ2v) is 5.01. The highest BCUT2D eigenvalue weighted by Crippen LogP contribution is 2.25. The number of nitrogens with two attached hydrogens (primary N) is 1. The summed E-state index contributed by atoms with van der Waals surface area (Å²) in [5.41, 5.74) is 6.48. The van der Waals surface area contributed by atoms with Crippen molar-refractivity contribution in [3.8, 4) is 0 Å². The normalized spacial score (nSPS) is 10.4. The number of anilines is 1. The molecule has 0 aliphatic carbocycles. The maximum Gasteiger partial charge on any atom is 0.285 e. The topological polar surface area (TPSA) is 102 Å². The monoisotopic (exact) mass is 310 g/mol. The first-order valence-corrected chi connectivity index (χ1v) is 6.70. The Kier molecular flexibility index (Phi) is 4.13. The van der Waals surface area contributed by atoms with Gasteiger partial charge in [0.2, 0.25) is 0 Å². The van der Waals surface area contributed by atoms with Crippen LogP contribution < -0.4 is 5.73 Å². The van der Waals surface area contributed by atoms with E-state index < -0.39 is 22.3 Å². The Labute approximate surface area is 123 Å². The summed E-state index contributed by atoms with van der Waals surface area (Å²) in [5, 5.41) is 12.7. The van der Waals surface area contributed by atoms with Gasteiger partial charge in [-0.15, -0.1) is 11.3 Å². The van der Waals surface area contributed by atoms with Gasteiger partial charge in [0.25, 0.3) is 11.6 Å². The Balaban J connectivity index is 2.33. The van der Waals surface area contributed by atoms with E-state index >= 15 is 0 Å². The number of aromatic nitrogens is 1. The molecule has 0 radical (unpaired) electrons. The maximum atomic E-state index is 13.3. The Morgan fingerprint density at radius 1 is 1.57 bits per heavy atom. The van der Waals surface area contributed by atoms with Crippen LogP contribution in [0.25, 0.3) is 0 Å². The fourth-order valence-electron chi connectivity index (χ4n) is 1.74. The number of halogens is 1. The molecule has 0 bridgehead atoms. The molecule has 9 heteroatoms. The molecule has 0 saturated carbocycles. The second-order valence-electron chi connectivity index (χ2n) is 4.29. The molecule has 7 nitrogen and oxygen atoms in total. The van der Waals surface area contributed by atoms with Crippen LogP contribution in [0, 0.1) is 15.9 Å². The van der Waals surface area contributed by atoms with Crippen molar-refractivity contribution in [2.75, 3.05) is 12.8 Å². The second kappa shape index (κ2) is 5.83. The van der Waals surface area contributed by atoms with Crippen molar-refractivity contribution in [1.82, 2.24) is 9.88 Å². The van der Waals surface area contributed by atoms with Crippen LogP contribution in [0.4, 0.5) is 15.8 Å². The lowest BCUT2D eigenvalue weighted by Crippen LogP contribution is -2.27. The zero-order valence-electron chi connectivity index (χ0n) is 10.9. The molecule has 1 aromatic carbocycles. The molecule has 0 fully saturated rings. The molecular weight excluding hydrogens is 299 g/mol. The molecule has 0 aliphatic heterocycles. The predicted octanol–water partition coefficient (Wildman–Crippen LogP) is 2.04. The smallest absolute Gasteiger partial charge is 0.285 e. The molecule has 1 aromatic heterocycles. The number of carbonyl (C=O) groups is 1. The number of nitrogens with zero attached hydrogens (tertiary/aromatic N) is 3. The van der Waals surface area contributed by atoms with E-state index in [0.717, 1.165) is 6.07 Å². The van der Waals surface area contributed by atoms with Gasteiger partial charge in [0.15, 0.2) is 5.82 Å². The van der Waals surface area contributed by atoms with Crippen LogP contribution in [0.5, 0.6) is 0 Å². The molecular formula is C12H11FN4O3S. The number of amides is 1. The Morgan fingerprint density at radius 2 is 2.29 bits per heavy atom. The number of hydrogen-bond donors (Lipinski definition) is 1. The van der Waals surface area contributed by atoms with Crippen LogP contribution >= 0.6 is 11.3 Å². The standard InChI is InChI=1S/C12H11FN4O3S/c1-16(4-7-5-21-6-15-7)12(18)8-2-10(14)9(13)3-11(8)17(19)20/h2-3,5-6H,4,14H2,1H3. The molecule has 0 aliphatic rings. The summed E-state index contributed by atoms with van der Waals surface area (Å²) < 4.78 is 13.3. The molecule has 2 N–H and O–H groups in total. The van der Waals surface area contributed by atoms with Crippen LogP contribution in [-0.2, 0) is 6.54 Å². The third kappa shape index (κ3) is 3.14. The van der Waals surface area contributed by atoms with Crippen LogP contribution in [0.15, 0.2) is 23.0 Å². The number of nitro benzene ring substituents is 1. The number of rotatable bonds is 4. The molecule has 1 heterocycles. The molecule has 2 rings (SSSR count). The summed E-state index contributed by atoms with van der Waals surface area (Å²) in [4.78, 5) is 27.7. The summed E-state index contributed by atoms with van der Waals surface area (Å²) >= 11 is 1.37. The van der Waals surface area contributed by atoms with Gasteiger partial charge in [-0.3, -0.25) is 14.9 Å². The number of hydrogen-bond acceptors (Lipinski definition) is 6. The first-order valence-electron chi connectivity index (χ1n) is 5.76. The summed E-state index contributed by atoms with van der Waals surface area (Å²) in [6.07, 6.45) is 0. The highest BCUT2D eigenvalue weighted by molar-refractivity contribution is 7.07. The van der Waals surface area contributed by atoms with E-state index in [1.807, 2.05) is 0 Å². The van der Waals surface area contributed by atoms with E-state index in [9.17, 15) is 19.3 Å². The predicted molar refractivity (Wildman–Crippen MR) is 75.4 cm³/mol. The zero-order valence-corrected chi connectivity index (χ0v) is 11.8. The average Bonchev–Trinajstić information content (AvgIpc) is 2.93. The van der Waals surface area contributed by atoms with Crippen molar-refractivity contribution >= 4 is 28.6 Å². The van der Waals surface area contributed by atoms with Crippen LogP contribution in [-0.4, -0.2) is 27.8 Å². The van der Waals surface area contributed by atoms with Crippen molar-refractivity contribution in [3.63, 3.8) is 0 Å². The summed E-state index contributed by atoms with van der Waals surface area (Å²) in [6, 6.07) is 1.63. The van der Waals surface area contributed by atoms with Crippen LogP contribution in [0.3, 0.4) is 0 Å². The van der Waals surface area contributed by atoms with Gasteiger partial charge in [-0.1, -0.05) is 0 Å². The van der Waals surface area contributed by atoms with Crippen LogP contribution in [0.2, 0.25) is 0 Å². The van der Waals surface area contributed by atoms with Gasteiger partial charge in [0, 0.05) is 12.4 Å². The summed E-state index contributed by atoms with van der Waals surface area (Å²) in [6.45, 7) is 0.191. The third-order valence-corrected chi connectivity index (χ3v) is 3.41. The van der Waals surface area contributed by atoms with Gasteiger partial charge in [-0.2, -0.15) is 0 Å². The highest BCUT2D eigenvalue weighted by atomic mass is 32.1. The summed E-state index contributed by atoms with van der Waals surface area (Å²) in [5.74, 6) is -1.55. The largest absolute Gasteiger partial charge is 0.396 e. The lowest BCUT2D eigenvalue weighted by molar-refractivity contribution is -0.385. The SMILES string of the molecule is CN(Cc1cscn1)C(=O)c1cc(N)c(F)cc1[N+](=O)[O-]. The number of nitro groups is 1. The highest BCUT2D eigenvalue weighted by Gasteiger charge is 2.25. The van der Waals surface area contributed by atoms with Crippen molar-refractivity contribution < 1.29 is 14.1 Å². The number of carbonyl (C=O) groups excluding carboxylic acids is 1. The summed E-state index contributed by atoms with van der Waals surface area (Å²) in [7, 11) is 1.48. The van der Waals surface area contributed by atoms with E-state index in [2.05, 4.69) is 4.98 Å². The van der Waals surface area contributed by atoms with Crippen molar-refractivity contribution in [2.45, 2.75) is 6.54 Å². The first-order chi connectivity index (χ1) is 9.90. The van der Waals surface area contributed by atoms with Gasteiger partial charge < -0.3 is 10.6 Å². The van der Waals surface area contributed by atoms with E-state index in [1.54, 1.807) is 10.9 Å². The Bertz CT molecular complexity index is 690. The quantitative estimate of drug-likeness (QED) is 0.529. The molecule has 2 aromatic rings. The lowest BCUT2D eigenvalue weighted by atomic mass is 10.1. The molecule has 0 spiro atoms. The van der Waals surface area contributed by atoms with E-state index in [1.165, 1.54) is 23.3 Å². The van der Waals surface area contributed by atoms with Crippen molar-refractivity contribution in [3.05, 3.63) is 50.2 Å². The minimum Gasteiger partial charge on any atom is -0.396 e. The zero-order chi connectivity index (χ0) is 15.6. The van der Waals surface area contributed by atoms with Crippen molar-refractivity contribution in [2.24, 2.45) is 0 Å².